The summed E-state index contributed by atoms with van der Waals surface area (Å²) in [5, 5.41) is 1.92. The van der Waals surface area contributed by atoms with Crippen LogP contribution in [0.1, 0.15) is 30.2 Å². The number of hydrogen-bond acceptors (Lipinski definition) is 4. The number of benzene rings is 2. The van der Waals surface area contributed by atoms with E-state index in [0.29, 0.717) is 22.1 Å². The van der Waals surface area contributed by atoms with Crippen LogP contribution in [0, 0.1) is 0 Å². The molecule has 5 heteroatoms. The number of hydrogen-bond donors (Lipinski definition) is 0. The van der Waals surface area contributed by atoms with Gasteiger partial charge in [-0.25, -0.2) is 4.90 Å². The maximum absolute atomic E-state index is 13.3. The molecule has 0 fully saturated rings. The highest BCUT2D eigenvalue weighted by atomic mass is 32.2. The third-order valence-electron chi connectivity index (χ3n) is 4.59. The Balaban J connectivity index is 1.75. The summed E-state index contributed by atoms with van der Waals surface area (Å²) in [4.78, 5) is 30.1. The minimum atomic E-state index is -0.264. The predicted molar refractivity (Wildman–Crippen MR) is 117 cm³/mol. The summed E-state index contributed by atoms with van der Waals surface area (Å²) in [6.45, 7) is 4.23. The van der Waals surface area contributed by atoms with Crippen LogP contribution in [-0.2, 0) is 9.59 Å². The highest BCUT2D eigenvalue weighted by Gasteiger charge is 2.40. The maximum atomic E-state index is 13.3. The molecule has 0 saturated carbocycles. The Bertz CT molecular complexity index is 1040. The second-order valence-electron chi connectivity index (χ2n) is 6.79. The van der Waals surface area contributed by atoms with E-state index in [1.165, 1.54) is 33.6 Å². The molecule has 1 aliphatic rings. The molecule has 0 unspecified atom stereocenters. The summed E-state index contributed by atoms with van der Waals surface area (Å²) >= 11 is 2.82. The summed E-state index contributed by atoms with van der Waals surface area (Å²) in [5.74, 6) is -0.134. The Kier molecular flexibility index (Phi) is 5.20. The number of thioether (sulfide) groups is 1. The van der Waals surface area contributed by atoms with Gasteiger partial charge in [0.2, 0.25) is 0 Å². The lowest BCUT2D eigenvalue weighted by Crippen LogP contribution is -2.31. The predicted octanol–water partition coefficient (Wildman–Crippen LogP) is 5.95. The van der Waals surface area contributed by atoms with Crippen molar-refractivity contribution < 1.29 is 9.59 Å². The molecule has 4 rings (SSSR count). The number of carbonyl (C=O) groups is 2. The minimum absolute atomic E-state index is 0.261. The van der Waals surface area contributed by atoms with Crippen molar-refractivity contribution in [2.45, 2.75) is 24.7 Å². The van der Waals surface area contributed by atoms with Gasteiger partial charge in [0.05, 0.1) is 16.2 Å². The Morgan fingerprint density at radius 1 is 0.857 bits per heavy atom. The van der Waals surface area contributed by atoms with Crippen LogP contribution in [0.3, 0.4) is 0 Å². The number of amides is 2. The van der Waals surface area contributed by atoms with E-state index in [-0.39, 0.29) is 11.8 Å². The Morgan fingerprint density at radius 3 is 2.18 bits per heavy atom. The third-order valence-corrected chi connectivity index (χ3v) is 6.57. The molecule has 2 heterocycles. The fraction of sp³-hybridized carbons (Fsp3) is 0.130. The smallest absolute Gasteiger partial charge is 0.268 e. The highest BCUT2D eigenvalue weighted by Crippen LogP contribution is 2.42. The number of anilines is 1. The molecular formula is C23H19NO2S2. The van der Waals surface area contributed by atoms with Crippen molar-refractivity contribution in [1.29, 1.82) is 0 Å². The number of carbonyl (C=O) groups excluding carboxylic acids is 2. The molecule has 0 radical (unpaired) electrons. The van der Waals surface area contributed by atoms with Crippen molar-refractivity contribution in [3.05, 3.63) is 87.5 Å². The molecule has 0 spiro atoms. The van der Waals surface area contributed by atoms with Crippen molar-refractivity contribution >= 4 is 46.2 Å². The van der Waals surface area contributed by atoms with Crippen LogP contribution in [0.5, 0.6) is 0 Å². The van der Waals surface area contributed by atoms with Gasteiger partial charge in [-0.15, -0.1) is 11.3 Å². The zero-order valence-corrected chi connectivity index (χ0v) is 17.2. The zero-order chi connectivity index (χ0) is 19.7. The van der Waals surface area contributed by atoms with Gasteiger partial charge in [0, 0.05) is 9.77 Å². The van der Waals surface area contributed by atoms with Crippen LogP contribution < -0.4 is 4.90 Å². The summed E-state index contributed by atoms with van der Waals surface area (Å²) in [6, 6.07) is 21.1. The van der Waals surface area contributed by atoms with Crippen LogP contribution in [0.2, 0.25) is 0 Å². The lowest BCUT2D eigenvalue weighted by Gasteiger charge is -2.16. The molecule has 0 aliphatic carbocycles. The second kappa shape index (κ2) is 7.78. The molecule has 0 saturated heterocycles. The molecule has 0 bridgehead atoms. The standard InChI is InChI=1S/C23H19NO2S2/c1-15(2)16-10-12-17(13-11-16)24-22(25)20(19-9-6-14-27-19)21(23(24)26)28-18-7-4-3-5-8-18/h3-15H,1-2H3. The van der Waals surface area contributed by atoms with E-state index < -0.39 is 0 Å². The molecule has 2 aromatic carbocycles. The SMILES string of the molecule is CC(C)c1ccc(N2C(=O)C(Sc3ccccc3)=C(c3cccs3)C2=O)cc1. The summed E-state index contributed by atoms with van der Waals surface area (Å²) in [6.07, 6.45) is 0. The van der Waals surface area contributed by atoms with Crippen molar-refractivity contribution in [3.63, 3.8) is 0 Å². The normalized spacial score (nSPS) is 14.5. The quantitative estimate of drug-likeness (QED) is 0.492. The number of nitrogens with zero attached hydrogens (tertiary/aromatic N) is 1. The van der Waals surface area contributed by atoms with Gasteiger partial charge in [-0.3, -0.25) is 9.59 Å². The van der Waals surface area contributed by atoms with Crippen molar-refractivity contribution in [2.24, 2.45) is 0 Å². The van der Waals surface area contributed by atoms with Crippen LogP contribution in [-0.4, -0.2) is 11.8 Å². The van der Waals surface area contributed by atoms with E-state index in [4.69, 9.17) is 0 Å². The van der Waals surface area contributed by atoms with E-state index in [9.17, 15) is 9.59 Å². The van der Waals surface area contributed by atoms with Gasteiger partial charge in [0.25, 0.3) is 11.8 Å². The lowest BCUT2D eigenvalue weighted by molar-refractivity contribution is -0.119. The van der Waals surface area contributed by atoms with Crippen LogP contribution in [0.15, 0.2) is 81.9 Å². The van der Waals surface area contributed by atoms with Crippen LogP contribution >= 0.6 is 23.1 Å². The first-order valence-corrected chi connectivity index (χ1v) is 10.8. The summed E-state index contributed by atoms with van der Waals surface area (Å²) in [7, 11) is 0. The highest BCUT2D eigenvalue weighted by molar-refractivity contribution is 8.04. The van der Waals surface area contributed by atoms with Gasteiger partial charge in [0.15, 0.2) is 0 Å². The molecule has 1 aliphatic heterocycles. The summed E-state index contributed by atoms with van der Waals surface area (Å²) in [5.41, 5.74) is 2.27. The maximum Gasteiger partial charge on any atom is 0.272 e. The van der Waals surface area contributed by atoms with Crippen molar-refractivity contribution in [2.75, 3.05) is 4.90 Å². The Labute approximate surface area is 172 Å². The van der Waals surface area contributed by atoms with Gasteiger partial charge in [-0.2, -0.15) is 0 Å². The Morgan fingerprint density at radius 2 is 1.57 bits per heavy atom. The molecule has 140 valence electrons. The van der Waals surface area contributed by atoms with Crippen molar-refractivity contribution in [1.82, 2.24) is 0 Å². The first-order chi connectivity index (χ1) is 13.6. The molecule has 28 heavy (non-hydrogen) atoms. The van der Waals surface area contributed by atoms with Gasteiger partial charge in [-0.1, -0.05) is 62.0 Å². The molecule has 0 N–H and O–H groups in total. The third kappa shape index (κ3) is 3.43. The fourth-order valence-electron chi connectivity index (χ4n) is 3.09. The molecule has 3 nitrogen and oxygen atoms in total. The number of imide groups is 1. The summed E-state index contributed by atoms with van der Waals surface area (Å²) < 4.78 is 0. The lowest BCUT2D eigenvalue weighted by atomic mass is 10.0. The van der Waals surface area contributed by atoms with Gasteiger partial charge in [0.1, 0.15) is 0 Å². The fourth-order valence-corrected chi connectivity index (χ4v) is 4.93. The zero-order valence-electron chi connectivity index (χ0n) is 15.6. The van der Waals surface area contributed by atoms with E-state index in [2.05, 4.69) is 13.8 Å². The monoisotopic (exact) mass is 405 g/mol. The average Bonchev–Trinajstić information content (AvgIpc) is 3.30. The van der Waals surface area contributed by atoms with Gasteiger partial charge in [-0.05, 0) is 47.2 Å². The van der Waals surface area contributed by atoms with Crippen LogP contribution in [0.25, 0.3) is 5.57 Å². The average molecular weight is 406 g/mol. The molecule has 1 aromatic heterocycles. The van der Waals surface area contributed by atoms with Crippen molar-refractivity contribution in [3.8, 4) is 0 Å². The van der Waals surface area contributed by atoms with Gasteiger partial charge < -0.3 is 0 Å². The number of rotatable bonds is 5. The van der Waals surface area contributed by atoms with Gasteiger partial charge >= 0.3 is 0 Å². The van der Waals surface area contributed by atoms with E-state index in [0.717, 1.165) is 9.77 Å². The molecule has 2 amide bonds. The molecular weight excluding hydrogens is 386 g/mol. The second-order valence-corrected chi connectivity index (χ2v) is 8.82. The molecule has 0 atom stereocenters. The Hall–Kier alpha value is -2.63. The minimum Gasteiger partial charge on any atom is -0.268 e. The largest absolute Gasteiger partial charge is 0.272 e. The van der Waals surface area contributed by atoms with E-state index in [1.807, 2.05) is 72.1 Å². The molecule has 3 aromatic rings. The van der Waals surface area contributed by atoms with E-state index in [1.54, 1.807) is 0 Å². The number of thiophene rings is 1. The topological polar surface area (TPSA) is 37.4 Å². The first kappa shape index (κ1) is 18.7. The van der Waals surface area contributed by atoms with Crippen LogP contribution in [0.4, 0.5) is 5.69 Å². The van der Waals surface area contributed by atoms with E-state index >= 15 is 0 Å². The first-order valence-electron chi connectivity index (χ1n) is 9.06.